The quantitative estimate of drug-likeness (QED) is 0.755. The molecule has 0 aliphatic heterocycles. The summed E-state index contributed by atoms with van der Waals surface area (Å²) in [6, 6.07) is 12.5. The van der Waals surface area contributed by atoms with E-state index >= 15 is 0 Å². The van der Waals surface area contributed by atoms with E-state index in [0.29, 0.717) is 17.0 Å². The zero-order chi connectivity index (χ0) is 17.2. The largest absolute Gasteiger partial charge is 0.423 e. The van der Waals surface area contributed by atoms with Crippen molar-refractivity contribution in [2.45, 2.75) is 11.8 Å². The summed E-state index contributed by atoms with van der Waals surface area (Å²) in [6.45, 7) is 1.60. The first-order valence-corrected chi connectivity index (χ1v) is 8.95. The van der Waals surface area contributed by atoms with E-state index in [2.05, 4.69) is 10.3 Å². The van der Waals surface area contributed by atoms with Gasteiger partial charge in [0.25, 0.3) is 6.01 Å². The zero-order valence-corrected chi connectivity index (χ0v) is 13.7. The fraction of sp³-hybridized carbons (Fsp3) is 0.118. The average Bonchev–Trinajstić information content (AvgIpc) is 3.04. The number of hydrogen-bond donors (Lipinski definition) is 1. The van der Waals surface area contributed by atoms with Gasteiger partial charge in [-0.1, -0.05) is 13.0 Å². The van der Waals surface area contributed by atoms with Gasteiger partial charge in [0.05, 0.1) is 16.8 Å². The highest BCUT2D eigenvalue weighted by Crippen LogP contribution is 2.25. The smallest absolute Gasteiger partial charge is 0.299 e. The molecule has 0 aliphatic carbocycles. The van der Waals surface area contributed by atoms with Crippen molar-refractivity contribution >= 4 is 21.5 Å². The van der Waals surface area contributed by atoms with Crippen LogP contribution in [0, 0.1) is 5.82 Å². The van der Waals surface area contributed by atoms with E-state index in [1.54, 1.807) is 37.3 Å². The molecule has 0 bridgehead atoms. The minimum absolute atomic E-state index is 0.0319. The summed E-state index contributed by atoms with van der Waals surface area (Å²) in [7, 11) is -3.28. The molecule has 5 nitrogen and oxygen atoms in total. The fourth-order valence-electron chi connectivity index (χ4n) is 2.14. The van der Waals surface area contributed by atoms with E-state index in [1.165, 1.54) is 24.4 Å². The monoisotopic (exact) mass is 346 g/mol. The summed E-state index contributed by atoms with van der Waals surface area (Å²) in [6.07, 6.45) is 1.52. The van der Waals surface area contributed by atoms with Crippen LogP contribution >= 0.6 is 0 Å². The maximum atomic E-state index is 13.0. The standard InChI is InChI=1S/C17H15FN2O3S/c1-2-24(21,22)15-5-3-4-14(10-15)20-17-19-11-16(23-17)12-6-8-13(18)9-7-12/h3-11H,2H2,1H3,(H,19,20). The van der Waals surface area contributed by atoms with E-state index in [4.69, 9.17) is 4.42 Å². The molecule has 1 N–H and O–H groups in total. The summed E-state index contributed by atoms with van der Waals surface area (Å²) < 4.78 is 42.4. The van der Waals surface area contributed by atoms with Crippen molar-refractivity contribution in [3.8, 4) is 11.3 Å². The summed E-state index contributed by atoms with van der Waals surface area (Å²) in [5, 5.41) is 2.93. The first-order chi connectivity index (χ1) is 11.5. The van der Waals surface area contributed by atoms with Crippen LogP contribution in [-0.2, 0) is 9.84 Å². The predicted molar refractivity (Wildman–Crippen MR) is 89.3 cm³/mol. The summed E-state index contributed by atoms with van der Waals surface area (Å²) in [4.78, 5) is 4.34. The van der Waals surface area contributed by atoms with Crippen LogP contribution in [0.15, 0.2) is 64.0 Å². The van der Waals surface area contributed by atoms with Crippen LogP contribution in [0.1, 0.15) is 6.92 Å². The molecule has 7 heteroatoms. The highest BCUT2D eigenvalue weighted by Gasteiger charge is 2.13. The van der Waals surface area contributed by atoms with Crippen LogP contribution in [-0.4, -0.2) is 19.2 Å². The van der Waals surface area contributed by atoms with Crippen LogP contribution in [0.4, 0.5) is 16.1 Å². The Morgan fingerprint density at radius 2 is 1.92 bits per heavy atom. The average molecular weight is 346 g/mol. The highest BCUT2D eigenvalue weighted by molar-refractivity contribution is 7.91. The number of benzene rings is 2. The molecule has 0 unspecified atom stereocenters. The molecule has 24 heavy (non-hydrogen) atoms. The number of anilines is 2. The summed E-state index contributed by atoms with van der Waals surface area (Å²) >= 11 is 0. The van der Waals surface area contributed by atoms with Crippen molar-refractivity contribution in [1.82, 2.24) is 4.98 Å². The van der Waals surface area contributed by atoms with Crippen molar-refractivity contribution in [3.63, 3.8) is 0 Å². The third-order valence-corrected chi connectivity index (χ3v) is 5.19. The minimum Gasteiger partial charge on any atom is -0.423 e. The zero-order valence-electron chi connectivity index (χ0n) is 12.9. The lowest BCUT2D eigenvalue weighted by Crippen LogP contribution is -2.04. The van der Waals surface area contributed by atoms with Crippen molar-refractivity contribution in [3.05, 3.63) is 60.5 Å². The van der Waals surface area contributed by atoms with Gasteiger partial charge in [-0.05, 0) is 42.5 Å². The third kappa shape index (κ3) is 3.46. The molecule has 0 radical (unpaired) electrons. The van der Waals surface area contributed by atoms with Crippen LogP contribution in [0.25, 0.3) is 11.3 Å². The Balaban J connectivity index is 1.83. The number of hydrogen-bond acceptors (Lipinski definition) is 5. The lowest BCUT2D eigenvalue weighted by Gasteiger charge is -2.05. The molecule has 124 valence electrons. The number of nitrogens with one attached hydrogen (secondary N) is 1. The fourth-order valence-corrected chi connectivity index (χ4v) is 3.06. The Morgan fingerprint density at radius 3 is 2.62 bits per heavy atom. The molecule has 1 aromatic heterocycles. The second kappa shape index (κ2) is 6.45. The number of sulfone groups is 1. The molecular weight excluding hydrogens is 331 g/mol. The van der Waals surface area contributed by atoms with Gasteiger partial charge in [-0.3, -0.25) is 0 Å². The van der Waals surface area contributed by atoms with Crippen LogP contribution in [0.3, 0.4) is 0 Å². The van der Waals surface area contributed by atoms with Gasteiger partial charge in [0, 0.05) is 11.3 Å². The number of nitrogens with zero attached hydrogens (tertiary/aromatic N) is 1. The van der Waals surface area contributed by atoms with Crippen molar-refractivity contribution in [2.75, 3.05) is 11.1 Å². The van der Waals surface area contributed by atoms with Gasteiger partial charge in [0.2, 0.25) is 0 Å². The Kier molecular flexibility index (Phi) is 4.35. The van der Waals surface area contributed by atoms with E-state index in [-0.39, 0.29) is 22.5 Å². The van der Waals surface area contributed by atoms with Gasteiger partial charge >= 0.3 is 0 Å². The lowest BCUT2D eigenvalue weighted by atomic mass is 10.2. The number of rotatable bonds is 5. The molecule has 2 aromatic carbocycles. The van der Waals surface area contributed by atoms with Crippen LogP contribution in [0.2, 0.25) is 0 Å². The van der Waals surface area contributed by atoms with E-state index in [1.807, 2.05) is 0 Å². The molecule has 1 heterocycles. The normalized spacial score (nSPS) is 11.4. The van der Waals surface area contributed by atoms with E-state index < -0.39 is 9.84 Å². The molecule has 0 atom stereocenters. The second-order valence-corrected chi connectivity index (χ2v) is 7.37. The number of halogens is 1. The van der Waals surface area contributed by atoms with E-state index in [0.717, 1.165) is 0 Å². The summed E-state index contributed by atoms with van der Waals surface area (Å²) in [5.74, 6) is 0.185. The maximum absolute atomic E-state index is 13.0. The van der Waals surface area contributed by atoms with Crippen molar-refractivity contribution < 1.29 is 17.2 Å². The second-order valence-electron chi connectivity index (χ2n) is 5.09. The SMILES string of the molecule is CCS(=O)(=O)c1cccc(Nc2ncc(-c3ccc(F)cc3)o2)c1. The molecular formula is C17H15FN2O3S. The Bertz CT molecular complexity index is 950. The minimum atomic E-state index is -3.28. The molecule has 0 amide bonds. The first-order valence-electron chi connectivity index (χ1n) is 7.29. The predicted octanol–water partition coefficient (Wildman–Crippen LogP) is 4.02. The molecule has 0 saturated heterocycles. The molecule has 0 aliphatic rings. The highest BCUT2D eigenvalue weighted by atomic mass is 32.2. The van der Waals surface area contributed by atoms with Crippen molar-refractivity contribution in [1.29, 1.82) is 0 Å². The van der Waals surface area contributed by atoms with Gasteiger partial charge < -0.3 is 9.73 Å². The van der Waals surface area contributed by atoms with Crippen LogP contribution in [0.5, 0.6) is 0 Å². The molecule has 3 rings (SSSR count). The topological polar surface area (TPSA) is 72.2 Å². The number of aromatic nitrogens is 1. The Labute approximate surface area is 139 Å². The van der Waals surface area contributed by atoms with E-state index in [9.17, 15) is 12.8 Å². The lowest BCUT2D eigenvalue weighted by molar-refractivity contribution is 0.590. The molecule has 0 fully saturated rings. The van der Waals surface area contributed by atoms with Gasteiger partial charge in [-0.15, -0.1) is 0 Å². The van der Waals surface area contributed by atoms with Crippen molar-refractivity contribution in [2.24, 2.45) is 0 Å². The molecule has 0 spiro atoms. The Hall–Kier alpha value is -2.67. The third-order valence-electron chi connectivity index (χ3n) is 3.46. The maximum Gasteiger partial charge on any atom is 0.299 e. The van der Waals surface area contributed by atoms with Gasteiger partial charge in [-0.25, -0.2) is 17.8 Å². The summed E-state index contributed by atoms with van der Waals surface area (Å²) in [5.41, 5.74) is 1.25. The van der Waals surface area contributed by atoms with Crippen LogP contribution < -0.4 is 5.32 Å². The molecule has 0 saturated carbocycles. The number of oxazole rings is 1. The van der Waals surface area contributed by atoms with Gasteiger partial charge in [0.1, 0.15) is 5.82 Å². The van der Waals surface area contributed by atoms with Gasteiger partial charge in [-0.2, -0.15) is 0 Å². The van der Waals surface area contributed by atoms with Gasteiger partial charge in [0.15, 0.2) is 15.6 Å². The Morgan fingerprint density at radius 1 is 1.17 bits per heavy atom. The molecule has 3 aromatic rings. The first kappa shape index (κ1) is 16.2.